The van der Waals surface area contributed by atoms with Crippen molar-refractivity contribution in [2.45, 2.75) is 20.3 Å². The first-order valence-corrected chi connectivity index (χ1v) is 8.22. The fraction of sp³-hybridized carbons (Fsp3) is 0.444. The normalized spacial score (nSPS) is 15.8. The summed E-state index contributed by atoms with van der Waals surface area (Å²) in [6, 6.07) is 9.55. The predicted octanol–water partition coefficient (Wildman–Crippen LogP) is 2.03. The summed E-state index contributed by atoms with van der Waals surface area (Å²) < 4.78 is 0. The molecule has 122 valence electrons. The van der Waals surface area contributed by atoms with Crippen LogP contribution in [-0.4, -0.2) is 58.6 Å². The molecule has 5 heteroatoms. The van der Waals surface area contributed by atoms with E-state index < -0.39 is 0 Å². The first-order chi connectivity index (χ1) is 11.1. The topological polar surface area (TPSA) is 52.2 Å². The van der Waals surface area contributed by atoms with Crippen LogP contribution in [0.3, 0.4) is 0 Å². The molecule has 1 aliphatic rings. The summed E-state index contributed by atoms with van der Waals surface area (Å²) in [5.74, 6) is 0.145. The molecule has 1 aromatic carbocycles. The lowest BCUT2D eigenvalue weighted by Crippen LogP contribution is -2.49. The first kappa shape index (κ1) is 15.7. The fourth-order valence-corrected chi connectivity index (χ4v) is 3.15. The lowest BCUT2D eigenvalue weighted by Gasteiger charge is -2.34. The number of hydrogen-bond donors (Lipinski definition) is 1. The number of H-pyrrole nitrogens is 1. The summed E-state index contributed by atoms with van der Waals surface area (Å²) in [5, 5.41) is 7.30. The van der Waals surface area contributed by atoms with Crippen LogP contribution < -0.4 is 0 Å². The van der Waals surface area contributed by atoms with Gasteiger partial charge in [0.05, 0.1) is 5.69 Å². The van der Waals surface area contributed by atoms with Gasteiger partial charge in [0, 0.05) is 44.0 Å². The second-order valence-corrected chi connectivity index (χ2v) is 6.16. The molecule has 2 heterocycles. The molecule has 1 saturated heterocycles. The Kier molecular flexibility index (Phi) is 4.76. The summed E-state index contributed by atoms with van der Waals surface area (Å²) in [6.07, 6.45) is 1.01. The minimum atomic E-state index is 0.145. The molecule has 0 spiro atoms. The van der Waals surface area contributed by atoms with E-state index in [9.17, 15) is 4.79 Å². The zero-order valence-electron chi connectivity index (χ0n) is 13.9. The van der Waals surface area contributed by atoms with Crippen LogP contribution in [0.1, 0.15) is 27.3 Å². The number of aromatic nitrogens is 2. The van der Waals surface area contributed by atoms with Crippen molar-refractivity contribution in [3.63, 3.8) is 0 Å². The number of rotatable bonds is 4. The maximum Gasteiger partial charge on any atom is 0.253 e. The Labute approximate surface area is 137 Å². The van der Waals surface area contributed by atoms with Crippen LogP contribution in [0.2, 0.25) is 0 Å². The third-order valence-electron chi connectivity index (χ3n) is 4.64. The van der Waals surface area contributed by atoms with Crippen molar-refractivity contribution >= 4 is 5.91 Å². The molecule has 1 fully saturated rings. The molecular weight excluding hydrogens is 288 g/mol. The number of carbonyl (C=O) groups excluding carboxylic acids is 1. The second kappa shape index (κ2) is 6.96. The molecular formula is C18H24N4O. The zero-order valence-corrected chi connectivity index (χ0v) is 13.9. The van der Waals surface area contributed by atoms with Gasteiger partial charge in [0.25, 0.3) is 5.91 Å². The Morgan fingerprint density at radius 2 is 1.83 bits per heavy atom. The molecule has 3 rings (SSSR count). The van der Waals surface area contributed by atoms with Crippen molar-refractivity contribution in [2.75, 3.05) is 32.7 Å². The molecule has 1 N–H and O–H groups in total. The van der Waals surface area contributed by atoms with E-state index in [-0.39, 0.29) is 5.91 Å². The van der Waals surface area contributed by atoms with Crippen LogP contribution >= 0.6 is 0 Å². The average molecular weight is 312 g/mol. The SMILES string of the molecule is Cc1n[nH]c(C)c1CCN1CCN(C(=O)c2ccccc2)CC1. The minimum Gasteiger partial charge on any atom is -0.336 e. The Balaban J connectivity index is 1.50. The van der Waals surface area contributed by atoms with E-state index >= 15 is 0 Å². The number of amides is 1. The van der Waals surface area contributed by atoms with E-state index in [1.54, 1.807) is 0 Å². The summed E-state index contributed by atoms with van der Waals surface area (Å²) in [5.41, 5.74) is 4.37. The van der Waals surface area contributed by atoms with Crippen LogP contribution in [0, 0.1) is 13.8 Å². The van der Waals surface area contributed by atoms with Gasteiger partial charge in [-0.2, -0.15) is 5.10 Å². The Hall–Kier alpha value is -2.14. The van der Waals surface area contributed by atoms with E-state index in [4.69, 9.17) is 0 Å². The van der Waals surface area contributed by atoms with E-state index in [1.165, 1.54) is 11.3 Å². The van der Waals surface area contributed by atoms with Crippen molar-refractivity contribution in [1.82, 2.24) is 20.0 Å². The van der Waals surface area contributed by atoms with Crippen molar-refractivity contribution < 1.29 is 4.79 Å². The number of nitrogens with one attached hydrogen (secondary N) is 1. The molecule has 1 aromatic heterocycles. The Bertz CT molecular complexity index is 637. The van der Waals surface area contributed by atoms with Crippen LogP contribution in [-0.2, 0) is 6.42 Å². The number of piperazine rings is 1. The summed E-state index contributed by atoms with van der Waals surface area (Å²) in [4.78, 5) is 16.8. The van der Waals surface area contributed by atoms with Gasteiger partial charge in [0.1, 0.15) is 0 Å². The highest BCUT2D eigenvalue weighted by atomic mass is 16.2. The standard InChI is InChI=1S/C18H24N4O/c1-14-17(15(2)20-19-14)8-9-21-10-12-22(13-11-21)18(23)16-6-4-3-5-7-16/h3-7H,8-13H2,1-2H3,(H,19,20). The zero-order chi connectivity index (χ0) is 16.2. The molecule has 0 atom stereocenters. The Morgan fingerprint density at radius 3 is 2.43 bits per heavy atom. The van der Waals surface area contributed by atoms with Crippen molar-refractivity contribution in [3.8, 4) is 0 Å². The van der Waals surface area contributed by atoms with Crippen molar-refractivity contribution in [2.24, 2.45) is 0 Å². The van der Waals surface area contributed by atoms with Crippen molar-refractivity contribution in [1.29, 1.82) is 0 Å². The van der Waals surface area contributed by atoms with Gasteiger partial charge in [-0.25, -0.2) is 0 Å². The van der Waals surface area contributed by atoms with Crippen LogP contribution in [0.4, 0.5) is 0 Å². The number of benzene rings is 1. The maximum atomic E-state index is 12.4. The van der Waals surface area contributed by atoms with Gasteiger partial charge < -0.3 is 4.90 Å². The molecule has 0 saturated carbocycles. The largest absolute Gasteiger partial charge is 0.336 e. The number of carbonyl (C=O) groups is 1. The molecule has 0 unspecified atom stereocenters. The second-order valence-electron chi connectivity index (χ2n) is 6.16. The fourth-order valence-electron chi connectivity index (χ4n) is 3.15. The highest BCUT2D eigenvalue weighted by molar-refractivity contribution is 5.94. The van der Waals surface area contributed by atoms with Gasteiger partial charge in [-0.3, -0.25) is 14.8 Å². The molecule has 0 radical (unpaired) electrons. The monoisotopic (exact) mass is 312 g/mol. The molecule has 23 heavy (non-hydrogen) atoms. The lowest BCUT2D eigenvalue weighted by molar-refractivity contribution is 0.0638. The quantitative estimate of drug-likeness (QED) is 0.940. The van der Waals surface area contributed by atoms with Gasteiger partial charge in [0.2, 0.25) is 0 Å². The molecule has 2 aromatic rings. The summed E-state index contributed by atoms with van der Waals surface area (Å²) >= 11 is 0. The third kappa shape index (κ3) is 3.62. The summed E-state index contributed by atoms with van der Waals surface area (Å²) in [7, 11) is 0. The number of hydrogen-bond acceptors (Lipinski definition) is 3. The summed E-state index contributed by atoms with van der Waals surface area (Å²) in [6.45, 7) is 8.63. The van der Waals surface area contributed by atoms with Gasteiger partial charge in [0.15, 0.2) is 0 Å². The third-order valence-corrected chi connectivity index (χ3v) is 4.64. The Morgan fingerprint density at radius 1 is 1.13 bits per heavy atom. The molecule has 0 bridgehead atoms. The van der Waals surface area contributed by atoms with E-state index in [0.29, 0.717) is 0 Å². The number of nitrogens with zero attached hydrogens (tertiary/aromatic N) is 3. The first-order valence-electron chi connectivity index (χ1n) is 8.22. The van der Waals surface area contributed by atoms with Gasteiger partial charge in [-0.05, 0) is 38.0 Å². The number of aryl methyl sites for hydroxylation is 2. The van der Waals surface area contributed by atoms with Gasteiger partial charge in [-0.1, -0.05) is 18.2 Å². The molecule has 0 aliphatic carbocycles. The van der Waals surface area contributed by atoms with Crippen LogP contribution in [0.15, 0.2) is 30.3 Å². The number of aromatic amines is 1. The van der Waals surface area contributed by atoms with E-state index in [1.807, 2.05) is 35.2 Å². The smallest absolute Gasteiger partial charge is 0.253 e. The lowest BCUT2D eigenvalue weighted by atomic mass is 10.1. The minimum absolute atomic E-state index is 0.145. The van der Waals surface area contributed by atoms with Crippen molar-refractivity contribution in [3.05, 3.63) is 52.8 Å². The van der Waals surface area contributed by atoms with Gasteiger partial charge in [-0.15, -0.1) is 0 Å². The van der Waals surface area contributed by atoms with E-state index in [0.717, 1.165) is 50.4 Å². The van der Waals surface area contributed by atoms with E-state index in [2.05, 4.69) is 28.9 Å². The molecule has 1 aliphatic heterocycles. The van der Waals surface area contributed by atoms with Gasteiger partial charge >= 0.3 is 0 Å². The maximum absolute atomic E-state index is 12.4. The highest BCUT2D eigenvalue weighted by Gasteiger charge is 2.22. The highest BCUT2D eigenvalue weighted by Crippen LogP contribution is 2.13. The molecule has 1 amide bonds. The predicted molar refractivity (Wildman–Crippen MR) is 90.6 cm³/mol. The average Bonchev–Trinajstić information content (AvgIpc) is 2.92. The molecule has 5 nitrogen and oxygen atoms in total. The van der Waals surface area contributed by atoms with Crippen LogP contribution in [0.25, 0.3) is 0 Å². The van der Waals surface area contributed by atoms with Crippen LogP contribution in [0.5, 0.6) is 0 Å².